The smallest absolute Gasteiger partial charge is 0.233 e. The van der Waals surface area contributed by atoms with Crippen LogP contribution >= 0.6 is 11.8 Å². The molecule has 5 N–H and O–H groups in total. The quantitative estimate of drug-likeness (QED) is 0.636. The van der Waals surface area contributed by atoms with Gasteiger partial charge in [0.25, 0.3) is 0 Å². The van der Waals surface area contributed by atoms with E-state index in [9.17, 15) is 4.79 Å². The van der Waals surface area contributed by atoms with Crippen LogP contribution in [0, 0.1) is 0 Å². The summed E-state index contributed by atoms with van der Waals surface area (Å²) in [6, 6.07) is 0.346. The number of nitrogens with zero attached hydrogens (tertiary/aromatic N) is 3. The van der Waals surface area contributed by atoms with Gasteiger partial charge in [-0.1, -0.05) is 11.8 Å². The molecule has 1 heterocycles. The number of carbonyl (C=O) groups is 1. The number of nitrogens with two attached hydrogens (primary N) is 2. The van der Waals surface area contributed by atoms with Crippen LogP contribution in [0.1, 0.15) is 19.8 Å². The monoisotopic (exact) mass is 254 g/mol. The lowest BCUT2D eigenvalue weighted by Gasteiger charge is -2.10. The van der Waals surface area contributed by atoms with E-state index in [0.29, 0.717) is 11.2 Å². The maximum atomic E-state index is 11.7. The molecule has 2 rings (SSSR count). The standard InChI is InChI=1S/C9H14N6OS/c1-4(6(16)12-5-2-3-5)17-9-14-7(10)13-8(11)15-9/h4-5H,2-3H2,1H3,(H,12,16)(H4,10,11,13,14,15)/t4-/m1/s1. The van der Waals surface area contributed by atoms with Crippen molar-refractivity contribution in [3.05, 3.63) is 0 Å². The summed E-state index contributed by atoms with van der Waals surface area (Å²) in [5, 5.41) is 3.00. The molecule has 1 atom stereocenters. The second-order valence-corrected chi connectivity index (χ2v) is 5.19. The Bertz CT molecular complexity index is 415. The van der Waals surface area contributed by atoms with Crippen molar-refractivity contribution in [1.82, 2.24) is 20.3 Å². The summed E-state index contributed by atoms with van der Waals surface area (Å²) >= 11 is 1.22. The molecule has 1 aliphatic carbocycles. The molecule has 1 aromatic heterocycles. The second kappa shape index (κ2) is 4.74. The molecule has 1 aliphatic rings. The Labute approximate surface area is 103 Å². The van der Waals surface area contributed by atoms with Gasteiger partial charge in [-0.15, -0.1) is 0 Å². The molecule has 0 saturated heterocycles. The van der Waals surface area contributed by atoms with Gasteiger partial charge in [-0.3, -0.25) is 4.79 Å². The van der Waals surface area contributed by atoms with Gasteiger partial charge in [-0.05, 0) is 19.8 Å². The van der Waals surface area contributed by atoms with Crippen molar-refractivity contribution in [3.63, 3.8) is 0 Å². The fourth-order valence-electron chi connectivity index (χ4n) is 1.20. The van der Waals surface area contributed by atoms with Crippen molar-refractivity contribution in [2.24, 2.45) is 0 Å². The highest BCUT2D eigenvalue weighted by molar-refractivity contribution is 8.00. The van der Waals surface area contributed by atoms with Gasteiger partial charge >= 0.3 is 0 Å². The number of amides is 1. The second-order valence-electron chi connectivity index (χ2n) is 3.88. The molecular weight excluding hydrogens is 240 g/mol. The zero-order valence-electron chi connectivity index (χ0n) is 9.38. The predicted octanol–water partition coefficient (Wildman–Crippen LogP) is -0.205. The zero-order chi connectivity index (χ0) is 12.4. The molecule has 0 aromatic carbocycles. The summed E-state index contributed by atoms with van der Waals surface area (Å²) in [5.74, 6) is 0.111. The summed E-state index contributed by atoms with van der Waals surface area (Å²) in [7, 11) is 0. The molecule has 1 saturated carbocycles. The SMILES string of the molecule is C[C@@H](Sc1nc(N)nc(N)n1)C(=O)NC1CC1. The molecule has 1 amide bonds. The van der Waals surface area contributed by atoms with Gasteiger partial charge in [0, 0.05) is 6.04 Å². The van der Waals surface area contributed by atoms with Crippen molar-refractivity contribution in [2.45, 2.75) is 36.2 Å². The molecule has 0 radical (unpaired) electrons. The van der Waals surface area contributed by atoms with Crippen molar-refractivity contribution < 1.29 is 4.79 Å². The minimum absolute atomic E-state index is 0.0185. The van der Waals surface area contributed by atoms with Gasteiger partial charge < -0.3 is 16.8 Å². The molecule has 7 nitrogen and oxygen atoms in total. The van der Waals surface area contributed by atoms with E-state index in [1.165, 1.54) is 11.8 Å². The summed E-state index contributed by atoms with van der Waals surface area (Å²) in [6.45, 7) is 1.79. The van der Waals surface area contributed by atoms with Crippen LogP contribution in [0.5, 0.6) is 0 Å². The maximum Gasteiger partial charge on any atom is 0.233 e. The first-order valence-electron chi connectivity index (χ1n) is 5.28. The van der Waals surface area contributed by atoms with E-state index in [0.717, 1.165) is 12.8 Å². The van der Waals surface area contributed by atoms with Crippen LogP contribution in [0.3, 0.4) is 0 Å². The van der Waals surface area contributed by atoms with Crippen LogP contribution in [-0.4, -0.2) is 32.2 Å². The van der Waals surface area contributed by atoms with E-state index in [4.69, 9.17) is 11.5 Å². The third kappa shape index (κ3) is 3.45. The molecule has 1 aromatic rings. The lowest BCUT2D eigenvalue weighted by Crippen LogP contribution is -2.32. The van der Waals surface area contributed by atoms with Gasteiger partial charge in [-0.25, -0.2) is 0 Å². The van der Waals surface area contributed by atoms with Crippen LogP contribution in [0.2, 0.25) is 0 Å². The minimum Gasteiger partial charge on any atom is -0.368 e. The van der Waals surface area contributed by atoms with Crippen LogP contribution < -0.4 is 16.8 Å². The van der Waals surface area contributed by atoms with E-state index in [1.54, 1.807) is 6.92 Å². The third-order valence-corrected chi connectivity index (χ3v) is 3.19. The number of hydrogen-bond donors (Lipinski definition) is 3. The van der Waals surface area contributed by atoms with Gasteiger partial charge in [0.2, 0.25) is 17.8 Å². The van der Waals surface area contributed by atoms with Gasteiger partial charge in [0.05, 0.1) is 5.25 Å². The van der Waals surface area contributed by atoms with Crippen LogP contribution in [0.4, 0.5) is 11.9 Å². The number of aromatic nitrogens is 3. The Morgan fingerprint density at radius 2 is 1.94 bits per heavy atom. The number of hydrogen-bond acceptors (Lipinski definition) is 7. The highest BCUT2D eigenvalue weighted by Gasteiger charge is 2.26. The fraction of sp³-hybridized carbons (Fsp3) is 0.556. The van der Waals surface area contributed by atoms with Gasteiger partial charge in [0.1, 0.15) is 0 Å². The Hall–Kier alpha value is -1.57. The minimum atomic E-state index is -0.281. The largest absolute Gasteiger partial charge is 0.368 e. The maximum absolute atomic E-state index is 11.7. The summed E-state index contributed by atoms with van der Waals surface area (Å²) < 4.78 is 0. The van der Waals surface area contributed by atoms with Crippen molar-refractivity contribution >= 4 is 29.6 Å². The predicted molar refractivity (Wildman–Crippen MR) is 65.1 cm³/mol. The molecule has 0 bridgehead atoms. The Morgan fingerprint density at radius 3 is 2.47 bits per heavy atom. The lowest BCUT2D eigenvalue weighted by molar-refractivity contribution is -0.120. The summed E-state index contributed by atoms with van der Waals surface area (Å²) in [5.41, 5.74) is 10.9. The van der Waals surface area contributed by atoms with E-state index >= 15 is 0 Å². The van der Waals surface area contributed by atoms with E-state index < -0.39 is 0 Å². The number of carbonyl (C=O) groups excluding carboxylic acids is 1. The van der Waals surface area contributed by atoms with Crippen LogP contribution in [-0.2, 0) is 4.79 Å². The highest BCUT2D eigenvalue weighted by Crippen LogP contribution is 2.23. The van der Waals surface area contributed by atoms with E-state index in [-0.39, 0.29) is 23.1 Å². The van der Waals surface area contributed by atoms with E-state index in [2.05, 4.69) is 20.3 Å². The average Bonchev–Trinajstić information content (AvgIpc) is 2.99. The van der Waals surface area contributed by atoms with Gasteiger partial charge in [-0.2, -0.15) is 15.0 Å². The molecular formula is C9H14N6OS. The zero-order valence-corrected chi connectivity index (χ0v) is 10.2. The number of nitrogens with one attached hydrogen (secondary N) is 1. The molecule has 1 fully saturated rings. The van der Waals surface area contributed by atoms with Crippen molar-refractivity contribution in [2.75, 3.05) is 11.5 Å². The molecule has 0 spiro atoms. The molecule has 0 aliphatic heterocycles. The number of anilines is 2. The van der Waals surface area contributed by atoms with Crippen LogP contribution in [0.15, 0.2) is 5.16 Å². The molecule has 92 valence electrons. The molecule has 8 heteroatoms. The topological polar surface area (TPSA) is 120 Å². The Kier molecular flexibility index (Phi) is 3.32. The lowest BCUT2D eigenvalue weighted by atomic mass is 10.4. The first-order chi connectivity index (χ1) is 8.04. The first-order valence-corrected chi connectivity index (χ1v) is 6.16. The third-order valence-electron chi connectivity index (χ3n) is 2.22. The fourth-order valence-corrected chi connectivity index (χ4v) is 1.98. The Balaban J connectivity index is 1.96. The van der Waals surface area contributed by atoms with Crippen LogP contribution in [0.25, 0.3) is 0 Å². The Morgan fingerprint density at radius 1 is 1.35 bits per heavy atom. The molecule has 17 heavy (non-hydrogen) atoms. The average molecular weight is 254 g/mol. The van der Waals surface area contributed by atoms with Crippen molar-refractivity contribution in [3.8, 4) is 0 Å². The first kappa shape index (κ1) is 11.9. The summed E-state index contributed by atoms with van der Waals surface area (Å²) in [4.78, 5) is 23.2. The highest BCUT2D eigenvalue weighted by atomic mass is 32.2. The van der Waals surface area contributed by atoms with E-state index in [1.807, 2.05) is 0 Å². The number of rotatable bonds is 4. The number of nitrogen functional groups attached to an aromatic ring is 2. The van der Waals surface area contributed by atoms with Gasteiger partial charge in [0.15, 0.2) is 5.16 Å². The summed E-state index contributed by atoms with van der Waals surface area (Å²) in [6.07, 6.45) is 2.13. The molecule has 0 unspecified atom stereocenters. The number of thioether (sulfide) groups is 1. The van der Waals surface area contributed by atoms with Crippen molar-refractivity contribution in [1.29, 1.82) is 0 Å². The normalized spacial score (nSPS) is 16.5.